The van der Waals surface area contributed by atoms with Gasteiger partial charge in [-0.1, -0.05) is 29.8 Å². The number of Topliss-reactive ketones (excluding diaryl/α,β-unsaturated/α-hetero) is 1. The maximum absolute atomic E-state index is 11.1. The monoisotopic (exact) mass is 206 g/mol. The molecule has 0 amide bonds. The van der Waals surface area contributed by atoms with E-state index in [9.17, 15) is 9.59 Å². The van der Waals surface area contributed by atoms with Crippen LogP contribution in [0, 0.1) is 6.92 Å². The maximum atomic E-state index is 11.1. The van der Waals surface area contributed by atoms with Gasteiger partial charge >= 0.3 is 5.97 Å². The molecule has 3 heteroatoms. The molecule has 0 aliphatic carbocycles. The second kappa shape index (κ2) is 5.29. The number of carbonyl (C=O) groups is 2. The van der Waals surface area contributed by atoms with Crippen molar-refractivity contribution in [3.63, 3.8) is 0 Å². The van der Waals surface area contributed by atoms with E-state index in [4.69, 9.17) is 4.74 Å². The summed E-state index contributed by atoms with van der Waals surface area (Å²) in [6, 6.07) is 7.70. The van der Waals surface area contributed by atoms with Gasteiger partial charge in [0.15, 0.2) is 0 Å². The van der Waals surface area contributed by atoms with Crippen molar-refractivity contribution in [3.8, 4) is 0 Å². The summed E-state index contributed by atoms with van der Waals surface area (Å²) in [5.41, 5.74) is 2.09. The smallest absolute Gasteiger partial charge is 0.313 e. The zero-order valence-corrected chi connectivity index (χ0v) is 8.95. The molecule has 1 rings (SSSR count). The summed E-state index contributed by atoms with van der Waals surface area (Å²) >= 11 is 0. The average Bonchev–Trinajstić information content (AvgIpc) is 2.16. The maximum Gasteiger partial charge on any atom is 0.313 e. The normalized spacial score (nSPS) is 9.73. The highest BCUT2D eigenvalue weighted by atomic mass is 16.5. The molecular formula is C12H14O3. The zero-order valence-electron chi connectivity index (χ0n) is 8.95. The minimum atomic E-state index is -0.469. The van der Waals surface area contributed by atoms with E-state index in [0.29, 0.717) is 0 Å². The molecule has 0 fully saturated rings. The second-order valence-electron chi connectivity index (χ2n) is 3.53. The Hall–Kier alpha value is -1.64. The first-order valence-corrected chi connectivity index (χ1v) is 4.78. The fourth-order valence-corrected chi connectivity index (χ4v) is 1.10. The molecule has 0 heterocycles. The van der Waals surface area contributed by atoms with Crippen LogP contribution in [-0.2, 0) is 20.9 Å². The molecule has 0 N–H and O–H groups in total. The highest BCUT2D eigenvalue weighted by molar-refractivity contribution is 5.94. The topological polar surface area (TPSA) is 43.4 Å². The van der Waals surface area contributed by atoms with Gasteiger partial charge in [-0.3, -0.25) is 9.59 Å². The number of rotatable bonds is 4. The fraction of sp³-hybridized carbons (Fsp3) is 0.333. The molecule has 0 aliphatic rings. The Labute approximate surface area is 89.1 Å². The van der Waals surface area contributed by atoms with Crippen molar-refractivity contribution in [1.29, 1.82) is 0 Å². The van der Waals surface area contributed by atoms with E-state index in [1.54, 1.807) is 0 Å². The Bertz CT molecular complexity index is 352. The first-order valence-electron chi connectivity index (χ1n) is 4.78. The summed E-state index contributed by atoms with van der Waals surface area (Å²) in [4.78, 5) is 21.7. The molecular weight excluding hydrogens is 192 g/mol. The largest absolute Gasteiger partial charge is 0.460 e. The van der Waals surface area contributed by atoms with Gasteiger partial charge in [0, 0.05) is 0 Å². The SMILES string of the molecule is CC(=O)CC(=O)OCc1ccc(C)cc1. The van der Waals surface area contributed by atoms with Crippen LogP contribution in [0.1, 0.15) is 24.5 Å². The summed E-state index contributed by atoms with van der Waals surface area (Å²) in [5.74, 6) is -0.646. The minimum absolute atomic E-state index is 0.147. The molecule has 0 spiro atoms. The van der Waals surface area contributed by atoms with Crippen LogP contribution < -0.4 is 0 Å². The van der Waals surface area contributed by atoms with Crippen molar-refractivity contribution in [2.75, 3.05) is 0 Å². The van der Waals surface area contributed by atoms with Gasteiger partial charge in [-0.25, -0.2) is 0 Å². The number of hydrogen-bond donors (Lipinski definition) is 0. The third-order valence-electron chi connectivity index (χ3n) is 1.91. The fourth-order valence-electron chi connectivity index (χ4n) is 1.10. The van der Waals surface area contributed by atoms with Crippen LogP contribution in [0.15, 0.2) is 24.3 Å². The van der Waals surface area contributed by atoms with E-state index >= 15 is 0 Å². The molecule has 0 unspecified atom stereocenters. The molecule has 3 nitrogen and oxygen atoms in total. The molecule has 0 aliphatic heterocycles. The molecule has 0 aromatic heterocycles. The summed E-state index contributed by atoms with van der Waals surface area (Å²) in [6.45, 7) is 3.59. The average molecular weight is 206 g/mol. The second-order valence-corrected chi connectivity index (χ2v) is 3.53. The number of hydrogen-bond acceptors (Lipinski definition) is 3. The van der Waals surface area contributed by atoms with Crippen LogP contribution in [0.5, 0.6) is 0 Å². The highest BCUT2D eigenvalue weighted by Crippen LogP contribution is 2.05. The van der Waals surface area contributed by atoms with Crippen molar-refractivity contribution in [3.05, 3.63) is 35.4 Å². The lowest BCUT2D eigenvalue weighted by Crippen LogP contribution is -2.08. The first kappa shape index (κ1) is 11.4. The quantitative estimate of drug-likeness (QED) is 0.559. The van der Waals surface area contributed by atoms with Gasteiger partial charge < -0.3 is 4.74 Å². The number of esters is 1. The van der Waals surface area contributed by atoms with Gasteiger partial charge in [-0.15, -0.1) is 0 Å². The first-order chi connectivity index (χ1) is 7.08. The number of ketones is 1. The Balaban J connectivity index is 2.40. The standard InChI is InChI=1S/C12H14O3/c1-9-3-5-11(6-4-9)8-15-12(14)7-10(2)13/h3-6H,7-8H2,1-2H3. The summed E-state index contributed by atoms with van der Waals surface area (Å²) in [5, 5.41) is 0. The summed E-state index contributed by atoms with van der Waals surface area (Å²) < 4.78 is 4.92. The molecule has 0 atom stereocenters. The van der Waals surface area contributed by atoms with Gasteiger partial charge in [0.25, 0.3) is 0 Å². The van der Waals surface area contributed by atoms with E-state index in [1.165, 1.54) is 6.92 Å². The van der Waals surface area contributed by atoms with Crippen LogP contribution in [-0.4, -0.2) is 11.8 Å². The van der Waals surface area contributed by atoms with E-state index < -0.39 is 5.97 Å². The molecule has 15 heavy (non-hydrogen) atoms. The Morgan fingerprint density at radius 2 is 1.80 bits per heavy atom. The molecule has 1 aromatic rings. The van der Waals surface area contributed by atoms with Crippen molar-refractivity contribution >= 4 is 11.8 Å². The van der Waals surface area contributed by atoms with Gasteiger partial charge in [0.05, 0.1) is 0 Å². The molecule has 1 aromatic carbocycles. The predicted octanol–water partition coefficient (Wildman–Crippen LogP) is 2.02. The minimum Gasteiger partial charge on any atom is -0.460 e. The third-order valence-corrected chi connectivity index (χ3v) is 1.91. The van der Waals surface area contributed by atoms with Crippen LogP contribution in [0.3, 0.4) is 0 Å². The number of ether oxygens (including phenoxy) is 1. The molecule has 0 saturated heterocycles. The van der Waals surface area contributed by atoms with Crippen molar-refractivity contribution in [2.24, 2.45) is 0 Å². The van der Waals surface area contributed by atoms with Gasteiger partial charge in [0.2, 0.25) is 0 Å². The molecule has 80 valence electrons. The van der Waals surface area contributed by atoms with Gasteiger partial charge in [-0.05, 0) is 19.4 Å². The summed E-state index contributed by atoms with van der Waals surface area (Å²) in [6.07, 6.45) is -0.147. The van der Waals surface area contributed by atoms with Gasteiger partial charge in [-0.2, -0.15) is 0 Å². The molecule has 0 saturated carbocycles. The van der Waals surface area contributed by atoms with Crippen LogP contribution in [0.2, 0.25) is 0 Å². The highest BCUT2D eigenvalue weighted by Gasteiger charge is 2.06. The molecule has 0 radical (unpaired) electrons. The van der Waals surface area contributed by atoms with Crippen LogP contribution >= 0.6 is 0 Å². The summed E-state index contributed by atoms with van der Waals surface area (Å²) in [7, 11) is 0. The van der Waals surface area contributed by atoms with Gasteiger partial charge in [0.1, 0.15) is 18.8 Å². The van der Waals surface area contributed by atoms with Crippen molar-refractivity contribution in [2.45, 2.75) is 26.9 Å². The van der Waals surface area contributed by atoms with Crippen LogP contribution in [0.25, 0.3) is 0 Å². The van der Waals surface area contributed by atoms with Crippen molar-refractivity contribution in [1.82, 2.24) is 0 Å². The lowest BCUT2D eigenvalue weighted by Gasteiger charge is -2.03. The number of aryl methyl sites for hydroxylation is 1. The third kappa shape index (κ3) is 4.40. The number of carbonyl (C=O) groups excluding carboxylic acids is 2. The van der Waals surface area contributed by atoms with E-state index in [2.05, 4.69) is 0 Å². The number of benzene rings is 1. The van der Waals surface area contributed by atoms with E-state index in [1.807, 2.05) is 31.2 Å². The predicted molar refractivity (Wildman–Crippen MR) is 56.3 cm³/mol. The van der Waals surface area contributed by atoms with E-state index in [0.717, 1.165) is 11.1 Å². The molecule has 0 bridgehead atoms. The lowest BCUT2D eigenvalue weighted by molar-refractivity contribution is -0.146. The van der Waals surface area contributed by atoms with E-state index in [-0.39, 0.29) is 18.8 Å². The van der Waals surface area contributed by atoms with Crippen molar-refractivity contribution < 1.29 is 14.3 Å². The lowest BCUT2D eigenvalue weighted by atomic mass is 10.2. The van der Waals surface area contributed by atoms with Crippen LogP contribution in [0.4, 0.5) is 0 Å². The Kier molecular flexibility index (Phi) is 4.03. The Morgan fingerprint density at radius 3 is 2.33 bits per heavy atom. The zero-order chi connectivity index (χ0) is 11.3. The Morgan fingerprint density at radius 1 is 1.20 bits per heavy atom.